The van der Waals surface area contributed by atoms with Crippen LogP contribution in [-0.2, 0) is 16.0 Å². The van der Waals surface area contributed by atoms with Crippen molar-refractivity contribution in [3.63, 3.8) is 0 Å². The number of imidazole rings is 1. The Bertz CT molecular complexity index is 268. The molecule has 1 rings (SSSR count). The largest absolute Gasteiger partial charge is 0.465 e. The Hall–Kier alpha value is -1.32. The van der Waals surface area contributed by atoms with Gasteiger partial charge in [-0.15, -0.1) is 0 Å². The first-order valence-corrected chi connectivity index (χ1v) is 3.82. The maximum Gasteiger partial charge on any atom is 0.302 e. The summed E-state index contributed by atoms with van der Waals surface area (Å²) >= 11 is 0. The zero-order chi connectivity index (χ0) is 8.97. The van der Waals surface area contributed by atoms with Gasteiger partial charge in [0.25, 0.3) is 0 Å². The van der Waals surface area contributed by atoms with E-state index in [2.05, 4.69) is 9.97 Å². The van der Waals surface area contributed by atoms with Gasteiger partial charge in [0, 0.05) is 19.0 Å². The number of rotatable bonds is 3. The van der Waals surface area contributed by atoms with Gasteiger partial charge >= 0.3 is 5.97 Å². The van der Waals surface area contributed by atoms with Gasteiger partial charge in [0.2, 0.25) is 0 Å². The number of nitrogens with one attached hydrogen (secondary N) is 1. The second kappa shape index (κ2) is 3.90. The minimum absolute atomic E-state index is 0.247. The third-order valence-electron chi connectivity index (χ3n) is 1.58. The molecule has 0 aromatic carbocycles. The van der Waals surface area contributed by atoms with Crippen molar-refractivity contribution >= 4 is 5.97 Å². The maximum absolute atomic E-state index is 10.4. The van der Waals surface area contributed by atoms with Gasteiger partial charge in [0.05, 0.1) is 18.6 Å². The van der Waals surface area contributed by atoms with Crippen molar-refractivity contribution in [3.05, 3.63) is 17.7 Å². The molecule has 0 aliphatic carbocycles. The van der Waals surface area contributed by atoms with Gasteiger partial charge in [-0.1, -0.05) is 0 Å². The number of nitrogens with zero attached hydrogens (tertiary/aromatic N) is 1. The monoisotopic (exact) mass is 168 g/mol. The molecule has 0 saturated carbocycles. The highest BCUT2D eigenvalue weighted by Gasteiger charge is 2.00. The Morgan fingerprint density at radius 1 is 1.75 bits per heavy atom. The number of aromatic amines is 1. The molecule has 0 fully saturated rings. The van der Waals surface area contributed by atoms with Crippen molar-refractivity contribution < 1.29 is 9.53 Å². The van der Waals surface area contributed by atoms with E-state index in [9.17, 15) is 4.79 Å². The van der Waals surface area contributed by atoms with Crippen LogP contribution in [0.15, 0.2) is 6.33 Å². The fourth-order valence-corrected chi connectivity index (χ4v) is 0.931. The summed E-state index contributed by atoms with van der Waals surface area (Å²) in [7, 11) is 0. The van der Waals surface area contributed by atoms with E-state index in [1.807, 2.05) is 6.92 Å². The molecule has 0 saturated heterocycles. The van der Waals surface area contributed by atoms with E-state index in [1.54, 1.807) is 6.33 Å². The summed E-state index contributed by atoms with van der Waals surface area (Å²) < 4.78 is 4.78. The summed E-state index contributed by atoms with van der Waals surface area (Å²) in [5.41, 5.74) is 1.98. The third-order valence-corrected chi connectivity index (χ3v) is 1.58. The molecule has 0 bridgehead atoms. The summed E-state index contributed by atoms with van der Waals surface area (Å²) in [5.74, 6) is -0.247. The Morgan fingerprint density at radius 3 is 3.00 bits per heavy atom. The maximum atomic E-state index is 10.4. The topological polar surface area (TPSA) is 55.0 Å². The van der Waals surface area contributed by atoms with E-state index in [0.717, 1.165) is 11.4 Å². The summed E-state index contributed by atoms with van der Waals surface area (Å²) in [6.45, 7) is 3.74. The van der Waals surface area contributed by atoms with Gasteiger partial charge in [-0.3, -0.25) is 4.79 Å². The highest BCUT2D eigenvalue weighted by molar-refractivity contribution is 5.65. The smallest absolute Gasteiger partial charge is 0.302 e. The standard InChI is InChI=1S/C8H12N2O2/c1-6-8(10-5-9-6)3-4-12-7(2)11/h5H,3-4H2,1-2H3,(H,9,10). The van der Waals surface area contributed by atoms with Crippen LogP contribution in [0, 0.1) is 6.92 Å². The summed E-state index contributed by atoms with van der Waals surface area (Å²) in [4.78, 5) is 17.4. The average Bonchev–Trinajstić information content (AvgIpc) is 2.36. The van der Waals surface area contributed by atoms with Gasteiger partial charge in [-0.05, 0) is 6.92 Å². The summed E-state index contributed by atoms with van der Waals surface area (Å²) in [6.07, 6.45) is 2.31. The second-order valence-corrected chi connectivity index (χ2v) is 2.56. The number of carbonyl (C=O) groups is 1. The molecule has 12 heavy (non-hydrogen) atoms. The van der Waals surface area contributed by atoms with Crippen LogP contribution in [0.3, 0.4) is 0 Å². The van der Waals surface area contributed by atoms with Gasteiger partial charge in [0.15, 0.2) is 0 Å². The second-order valence-electron chi connectivity index (χ2n) is 2.56. The molecule has 0 unspecified atom stereocenters. The number of esters is 1. The normalized spacial score (nSPS) is 9.83. The lowest BCUT2D eigenvalue weighted by Crippen LogP contribution is -2.04. The molecule has 1 aromatic heterocycles. The van der Waals surface area contributed by atoms with Gasteiger partial charge in [0.1, 0.15) is 0 Å². The van der Waals surface area contributed by atoms with Crippen molar-refractivity contribution in [2.75, 3.05) is 6.61 Å². The zero-order valence-corrected chi connectivity index (χ0v) is 7.26. The van der Waals surface area contributed by atoms with E-state index in [1.165, 1.54) is 6.92 Å². The number of hydrogen-bond acceptors (Lipinski definition) is 3. The third kappa shape index (κ3) is 2.38. The van der Waals surface area contributed by atoms with Crippen LogP contribution in [0.5, 0.6) is 0 Å². The van der Waals surface area contributed by atoms with E-state index in [-0.39, 0.29) is 5.97 Å². The van der Waals surface area contributed by atoms with Crippen LogP contribution in [0.4, 0.5) is 0 Å². The molecule has 4 nitrogen and oxygen atoms in total. The Kier molecular flexibility index (Phi) is 2.85. The molecular weight excluding hydrogens is 156 g/mol. The van der Waals surface area contributed by atoms with E-state index < -0.39 is 0 Å². The fourth-order valence-electron chi connectivity index (χ4n) is 0.931. The summed E-state index contributed by atoms with van der Waals surface area (Å²) in [6, 6.07) is 0. The highest BCUT2D eigenvalue weighted by Crippen LogP contribution is 2.00. The first kappa shape index (κ1) is 8.77. The molecule has 4 heteroatoms. The first-order chi connectivity index (χ1) is 5.70. The number of ether oxygens (including phenoxy) is 1. The SMILES string of the molecule is CC(=O)OCCc1nc[nH]c1C. The fraction of sp³-hybridized carbons (Fsp3) is 0.500. The Labute approximate surface area is 71.0 Å². The molecule has 1 heterocycles. The van der Waals surface area contributed by atoms with E-state index >= 15 is 0 Å². The van der Waals surface area contributed by atoms with Gasteiger partial charge in [-0.25, -0.2) is 4.98 Å². The molecule has 0 aliphatic rings. The lowest BCUT2D eigenvalue weighted by atomic mass is 10.3. The minimum Gasteiger partial charge on any atom is -0.465 e. The van der Waals surface area contributed by atoms with Crippen molar-refractivity contribution in [1.82, 2.24) is 9.97 Å². The van der Waals surface area contributed by atoms with Crippen LogP contribution < -0.4 is 0 Å². The van der Waals surface area contributed by atoms with Crippen LogP contribution in [-0.4, -0.2) is 22.5 Å². The number of hydrogen-bond donors (Lipinski definition) is 1. The molecule has 0 spiro atoms. The lowest BCUT2D eigenvalue weighted by molar-refractivity contribution is -0.140. The highest BCUT2D eigenvalue weighted by atomic mass is 16.5. The van der Waals surface area contributed by atoms with Crippen molar-refractivity contribution in [3.8, 4) is 0 Å². The number of aromatic nitrogens is 2. The molecule has 0 amide bonds. The Balaban J connectivity index is 2.33. The average molecular weight is 168 g/mol. The molecule has 66 valence electrons. The number of aryl methyl sites for hydroxylation is 1. The van der Waals surface area contributed by atoms with Gasteiger partial charge in [-0.2, -0.15) is 0 Å². The Morgan fingerprint density at radius 2 is 2.50 bits per heavy atom. The van der Waals surface area contributed by atoms with E-state index in [4.69, 9.17) is 4.74 Å². The van der Waals surface area contributed by atoms with Crippen molar-refractivity contribution in [2.45, 2.75) is 20.3 Å². The predicted molar refractivity (Wildman–Crippen MR) is 43.7 cm³/mol. The summed E-state index contributed by atoms with van der Waals surface area (Å²) in [5, 5.41) is 0. The minimum atomic E-state index is -0.247. The molecule has 0 atom stereocenters. The first-order valence-electron chi connectivity index (χ1n) is 3.82. The zero-order valence-electron chi connectivity index (χ0n) is 7.26. The van der Waals surface area contributed by atoms with Crippen molar-refractivity contribution in [1.29, 1.82) is 0 Å². The molecule has 1 aromatic rings. The quantitative estimate of drug-likeness (QED) is 0.680. The molecule has 1 N–H and O–H groups in total. The van der Waals surface area contributed by atoms with Crippen LogP contribution in [0.25, 0.3) is 0 Å². The van der Waals surface area contributed by atoms with E-state index in [0.29, 0.717) is 13.0 Å². The van der Waals surface area contributed by atoms with Crippen LogP contribution in [0.1, 0.15) is 18.3 Å². The predicted octanol–water partition coefficient (Wildman–Crippen LogP) is 0.824. The molecule has 0 radical (unpaired) electrons. The molecular formula is C8H12N2O2. The van der Waals surface area contributed by atoms with Crippen molar-refractivity contribution in [2.24, 2.45) is 0 Å². The van der Waals surface area contributed by atoms with Crippen LogP contribution >= 0.6 is 0 Å². The number of carbonyl (C=O) groups excluding carboxylic acids is 1. The van der Waals surface area contributed by atoms with Crippen LogP contribution in [0.2, 0.25) is 0 Å². The van der Waals surface area contributed by atoms with Gasteiger partial charge < -0.3 is 9.72 Å². The number of H-pyrrole nitrogens is 1. The lowest BCUT2D eigenvalue weighted by Gasteiger charge is -1.99. The molecule has 0 aliphatic heterocycles.